The first-order chi connectivity index (χ1) is 11.0. The van der Waals surface area contributed by atoms with E-state index in [9.17, 15) is 8.78 Å². The van der Waals surface area contributed by atoms with Crippen molar-refractivity contribution in [1.82, 2.24) is 25.2 Å². The first-order valence-corrected chi connectivity index (χ1v) is 8.00. The number of imidazole rings is 1. The fraction of sp³-hybridized carbons (Fsp3) is 0.500. The highest BCUT2D eigenvalue weighted by molar-refractivity contribution is 14.0. The van der Waals surface area contributed by atoms with E-state index in [4.69, 9.17) is 0 Å². The number of hydrogen-bond acceptors (Lipinski definition) is 4. The monoisotopic (exact) mass is 470 g/mol. The lowest BCUT2D eigenvalue weighted by molar-refractivity contribution is 0.0668. The van der Waals surface area contributed by atoms with E-state index in [0.29, 0.717) is 12.5 Å². The number of thiazole rings is 1. The van der Waals surface area contributed by atoms with Gasteiger partial charge in [-0.05, 0) is 13.8 Å². The smallest absolute Gasteiger partial charge is 0.319 e. The van der Waals surface area contributed by atoms with Gasteiger partial charge in [-0.2, -0.15) is 8.78 Å². The number of guanidine groups is 1. The Labute approximate surface area is 160 Å². The highest BCUT2D eigenvalue weighted by atomic mass is 127. The number of aromatic nitrogens is 3. The zero-order valence-corrected chi connectivity index (χ0v) is 16.9. The molecule has 0 aromatic carbocycles. The van der Waals surface area contributed by atoms with Gasteiger partial charge in [0.25, 0.3) is 0 Å². The van der Waals surface area contributed by atoms with Crippen LogP contribution in [-0.4, -0.2) is 34.1 Å². The van der Waals surface area contributed by atoms with Crippen molar-refractivity contribution in [3.8, 4) is 0 Å². The lowest BCUT2D eigenvalue weighted by atomic mass is 10.4. The van der Waals surface area contributed by atoms with E-state index in [0.717, 1.165) is 21.7 Å². The number of halogens is 3. The third kappa shape index (κ3) is 5.65. The Morgan fingerprint density at radius 3 is 2.71 bits per heavy atom. The minimum absolute atomic E-state index is 0. The van der Waals surface area contributed by atoms with Gasteiger partial charge in [-0.3, -0.25) is 9.56 Å². The minimum Gasteiger partial charge on any atom is -0.356 e. The molecule has 0 bridgehead atoms. The van der Waals surface area contributed by atoms with Crippen LogP contribution in [0.1, 0.15) is 28.0 Å². The Morgan fingerprint density at radius 2 is 2.12 bits per heavy atom. The molecule has 24 heavy (non-hydrogen) atoms. The van der Waals surface area contributed by atoms with E-state index in [1.165, 1.54) is 17.3 Å². The predicted molar refractivity (Wildman–Crippen MR) is 102 cm³/mol. The maximum absolute atomic E-state index is 12.7. The highest BCUT2D eigenvalue weighted by Crippen LogP contribution is 2.16. The van der Waals surface area contributed by atoms with Crippen molar-refractivity contribution in [3.05, 3.63) is 33.8 Å². The van der Waals surface area contributed by atoms with Crippen LogP contribution in [0, 0.1) is 13.8 Å². The standard InChI is InChI=1S/C14H20F2N6S.HI/c1-9-10(2)23-12(21-9)4-5-19-14(17-3)20-8-11-18-6-7-22(11)13(15)16;/h6-7,13H,4-5,8H2,1-3H3,(H2,17,19,20);1H. The summed E-state index contributed by atoms with van der Waals surface area (Å²) in [6, 6.07) is 0. The first-order valence-electron chi connectivity index (χ1n) is 7.18. The average Bonchev–Trinajstić information content (AvgIpc) is 3.10. The van der Waals surface area contributed by atoms with Gasteiger partial charge >= 0.3 is 6.55 Å². The summed E-state index contributed by atoms with van der Waals surface area (Å²) < 4.78 is 26.3. The summed E-state index contributed by atoms with van der Waals surface area (Å²) in [6.45, 7) is 2.28. The molecule has 0 atom stereocenters. The van der Waals surface area contributed by atoms with Crippen LogP contribution < -0.4 is 10.6 Å². The second-order valence-electron chi connectivity index (χ2n) is 4.88. The lowest BCUT2D eigenvalue weighted by Crippen LogP contribution is -2.38. The molecule has 0 unspecified atom stereocenters. The summed E-state index contributed by atoms with van der Waals surface area (Å²) in [6.07, 6.45) is 3.39. The number of aliphatic imine (C=N–C) groups is 1. The van der Waals surface area contributed by atoms with E-state index >= 15 is 0 Å². The number of rotatable bonds is 6. The molecule has 0 aliphatic carbocycles. The fourth-order valence-electron chi connectivity index (χ4n) is 1.98. The van der Waals surface area contributed by atoms with Crippen LogP contribution in [0.4, 0.5) is 8.78 Å². The summed E-state index contributed by atoms with van der Waals surface area (Å²) >= 11 is 1.68. The van der Waals surface area contributed by atoms with Gasteiger partial charge in [-0.1, -0.05) is 0 Å². The van der Waals surface area contributed by atoms with Crippen molar-refractivity contribution >= 4 is 41.3 Å². The van der Waals surface area contributed by atoms with Crippen LogP contribution in [0.5, 0.6) is 0 Å². The Kier molecular flexibility index (Phi) is 8.53. The fourth-order valence-corrected chi connectivity index (χ4v) is 2.91. The van der Waals surface area contributed by atoms with Crippen molar-refractivity contribution in [2.24, 2.45) is 4.99 Å². The SMILES string of the molecule is CN=C(NCCc1nc(C)c(C)s1)NCc1nccn1C(F)F.I. The molecule has 2 heterocycles. The molecule has 0 aliphatic heterocycles. The molecule has 0 amide bonds. The van der Waals surface area contributed by atoms with Gasteiger partial charge in [0.2, 0.25) is 0 Å². The van der Waals surface area contributed by atoms with Crippen LogP contribution in [0.15, 0.2) is 17.4 Å². The molecule has 2 aromatic rings. The molecule has 2 rings (SSSR count). The third-order valence-corrected chi connectivity index (χ3v) is 4.43. The number of nitrogens with one attached hydrogen (secondary N) is 2. The maximum atomic E-state index is 12.7. The van der Waals surface area contributed by atoms with E-state index < -0.39 is 6.55 Å². The first kappa shape index (κ1) is 20.7. The van der Waals surface area contributed by atoms with Gasteiger partial charge in [-0.25, -0.2) is 9.97 Å². The van der Waals surface area contributed by atoms with Gasteiger partial charge < -0.3 is 10.6 Å². The van der Waals surface area contributed by atoms with Crippen molar-refractivity contribution in [1.29, 1.82) is 0 Å². The predicted octanol–water partition coefficient (Wildman–Crippen LogP) is 2.88. The van der Waals surface area contributed by atoms with Gasteiger partial charge in [0, 0.05) is 37.3 Å². The molecule has 0 saturated carbocycles. The van der Waals surface area contributed by atoms with Crippen molar-refractivity contribution in [3.63, 3.8) is 0 Å². The Balaban J connectivity index is 0.00000288. The van der Waals surface area contributed by atoms with Crippen LogP contribution >= 0.6 is 35.3 Å². The van der Waals surface area contributed by atoms with Crippen molar-refractivity contribution in [2.75, 3.05) is 13.6 Å². The highest BCUT2D eigenvalue weighted by Gasteiger charge is 2.11. The van der Waals surface area contributed by atoms with Gasteiger partial charge in [-0.15, -0.1) is 35.3 Å². The number of hydrogen-bond donors (Lipinski definition) is 2. The normalized spacial score (nSPS) is 11.5. The second kappa shape index (κ2) is 9.87. The number of alkyl halides is 2. The molecular weight excluding hydrogens is 449 g/mol. The second-order valence-corrected chi connectivity index (χ2v) is 6.17. The lowest BCUT2D eigenvalue weighted by Gasteiger charge is -2.12. The molecular formula is C14H21F2IN6S. The zero-order valence-electron chi connectivity index (χ0n) is 13.7. The summed E-state index contributed by atoms with van der Waals surface area (Å²) in [5, 5.41) is 7.18. The van der Waals surface area contributed by atoms with E-state index in [1.807, 2.05) is 6.92 Å². The topological polar surface area (TPSA) is 67.1 Å². The molecule has 10 heteroatoms. The Morgan fingerprint density at radius 1 is 1.38 bits per heavy atom. The van der Waals surface area contributed by atoms with Gasteiger partial charge in [0.15, 0.2) is 5.96 Å². The summed E-state index contributed by atoms with van der Waals surface area (Å²) in [5.41, 5.74) is 1.06. The molecule has 0 saturated heterocycles. The molecule has 2 aromatic heterocycles. The summed E-state index contributed by atoms with van der Waals surface area (Å²) in [7, 11) is 1.63. The van der Waals surface area contributed by atoms with Crippen LogP contribution in [0.25, 0.3) is 0 Å². The van der Waals surface area contributed by atoms with Crippen LogP contribution in [0.3, 0.4) is 0 Å². The van der Waals surface area contributed by atoms with Gasteiger partial charge in [0.1, 0.15) is 5.82 Å². The Bertz CT molecular complexity index is 651. The average molecular weight is 470 g/mol. The largest absolute Gasteiger partial charge is 0.356 e. The van der Waals surface area contributed by atoms with E-state index in [-0.39, 0.29) is 36.3 Å². The molecule has 134 valence electrons. The Hall–Kier alpha value is -1.30. The van der Waals surface area contributed by atoms with Crippen molar-refractivity contribution < 1.29 is 8.78 Å². The molecule has 0 spiro atoms. The van der Waals surface area contributed by atoms with E-state index in [1.54, 1.807) is 18.4 Å². The maximum Gasteiger partial charge on any atom is 0.319 e. The molecule has 0 aliphatic rings. The number of nitrogens with zero attached hydrogens (tertiary/aromatic N) is 4. The van der Waals surface area contributed by atoms with Crippen LogP contribution in [0.2, 0.25) is 0 Å². The van der Waals surface area contributed by atoms with Gasteiger partial charge in [0.05, 0.1) is 17.2 Å². The van der Waals surface area contributed by atoms with E-state index in [2.05, 4.69) is 32.5 Å². The molecule has 0 fully saturated rings. The third-order valence-electron chi connectivity index (χ3n) is 3.30. The molecule has 2 N–H and O–H groups in total. The summed E-state index contributed by atoms with van der Waals surface area (Å²) in [5.74, 6) is 0.799. The minimum atomic E-state index is -2.60. The molecule has 6 nitrogen and oxygen atoms in total. The molecule has 0 radical (unpaired) electrons. The zero-order chi connectivity index (χ0) is 16.8. The number of aryl methyl sites for hydroxylation is 2. The van der Waals surface area contributed by atoms with Crippen molar-refractivity contribution in [2.45, 2.75) is 33.4 Å². The summed E-state index contributed by atoms with van der Waals surface area (Å²) in [4.78, 5) is 13.7. The quantitative estimate of drug-likeness (QED) is 0.387. The van der Waals surface area contributed by atoms with Crippen LogP contribution in [-0.2, 0) is 13.0 Å².